The third-order valence-electron chi connectivity index (χ3n) is 4.34. The maximum Gasteiger partial charge on any atom is 0.246 e. The zero-order valence-corrected chi connectivity index (χ0v) is 19.8. The Morgan fingerprint density at radius 1 is 1.16 bits per heavy atom. The van der Waals surface area contributed by atoms with Crippen LogP contribution >= 0.6 is 34.5 Å². The molecule has 1 aromatic heterocycles. The van der Waals surface area contributed by atoms with Gasteiger partial charge in [0.25, 0.3) is 0 Å². The summed E-state index contributed by atoms with van der Waals surface area (Å²) in [5, 5.41) is 6.26. The molecule has 3 rings (SSSR count). The highest BCUT2D eigenvalue weighted by atomic mass is 35.5. The van der Waals surface area contributed by atoms with Crippen molar-refractivity contribution in [3.63, 3.8) is 0 Å². The van der Waals surface area contributed by atoms with Crippen LogP contribution in [0.4, 0.5) is 5.69 Å². The molecule has 3 aromatic rings. The molecule has 0 radical (unpaired) electrons. The van der Waals surface area contributed by atoms with Gasteiger partial charge in [0.05, 0.1) is 33.0 Å². The maximum absolute atomic E-state index is 12.3. The number of hydrogen-bond donors (Lipinski definition) is 1. The zero-order valence-electron chi connectivity index (χ0n) is 17.5. The second-order valence-corrected chi connectivity index (χ2v) is 8.76. The summed E-state index contributed by atoms with van der Waals surface area (Å²) in [6.45, 7) is 2.22. The van der Waals surface area contributed by atoms with Crippen molar-refractivity contribution in [2.24, 2.45) is 0 Å². The van der Waals surface area contributed by atoms with Crippen LogP contribution in [-0.2, 0) is 16.2 Å². The maximum atomic E-state index is 12.3. The van der Waals surface area contributed by atoms with Gasteiger partial charge in [-0.25, -0.2) is 4.98 Å². The summed E-state index contributed by atoms with van der Waals surface area (Å²) >= 11 is 13.7. The standard InChI is InChI=1S/C23H21Cl2N3O3S/c1-15-26-17(14-32-15)13-31-18-9-6-16(7-10-18)8-11-22(30)28(2)12-21(29)27-23-19(24)4-3-5-20(23)25/h3-11,14H,12-13H2,1-2H3,(H,27,29)/b11-8+. The lowest BCUT2D eigenvalue weighted by Crippen LogP contribution is -2.34. The quantitative estimate of drug-likeness (QED) is 0.427. The van der Waals surface area contributed by atoms with Crippen LogP contribution < -0.4 is 10.1 Å². The SMILES string of the molecule is Cc1nc(COc2ccc(/C=C/C(=O)N(C)CC(=O)Nc3c(Cl)cccc3Cl)cc2)cs1. The molecule has 0 aliphatic heterocycles. The van der Waals surface area contributed by atoms with Gasteiger partial charge in [-0.05, 0) is 42.8 Å². The molecule has 1 heterocycles. The van der Waals surface area contributed by atoms with Crippen molar-refractivity contribution >= 4 is 58.1 Å². The summed E-state index contributed by atoms with van der Waals surface area (Å²) in [5.41, 5.74) is 2.05. The van der Waals surface area contributed by atoms with Gasteiger partial charge in [-0.2, -0.15) is 0 Å². The molecule has 0 spiro atoms. The Kier molecular flexibility index (Phi) is 8.27. The normalized spacial score (nSPS) is 10.9. The highest BCUT2D eigenvalue weighted by Crippen LogP contribution is 2.29. The van der Waals surface area contributed by atoms with Crippen molar-refractivity contribution < 1.29 is 14.3 Å². The fraction of sp³-hybridized carbons (Fsp3) is 0.174. The van der Waals surface area contributed by atoms with Crippen LogP contribution in [0.25, 0.3) is 6.08 Å². The number of amides is 2. The number of aromatic nitrogens is 1. The van der Waals surface area contributed by atoms with Crippen molar-refractivity contribution in [2.45, 2.75) is 13.5 Å². The van der Waals surface area contributed by atoms with Crippen LogP contribution in [0, 0.1) is 6.92 Å². The zero-order chi connectivity index (χ0) is 23.1. The minimum absolute atomic E-state index is 0.145. The summed E-state index contributed by atoms with van der Waals surface area (Å²) in [6.07, 6.45) is 3.08. The second kappa shape index (κ2) is 11.1. The molecule has 1 N–H and O–H groups in total. The number of ether oxygens (including phenoxy) is 1. The van der Waals surface area contributed by atoms with E-state index in [1.54, 1.807) is 35.6 Å². The smallest absolute Gasteiger partial charge is 0.246 e. The molecule has 9 heteroatoms. The number of carbonyl (C=O) groups excluding carboxylic acids is 2. The monoisotopic (exact) mass is 489 g/mol. The third-order valence-corrected chi connectivity index (χ3v) is 5.79. The van der Waals surface area contributed by atoms with E-state index in [0.29, 0.717) is 28.1 Å². The average Bonchev–Trinajstić information content (AvgIpc) is 3.19. The van der Waals surface area contributed by atoms with Crippen LogP contribution in [0.1, 0.15) is 16.3 Å². The number of likely N-dealkylation sites (N-methyl/N-ethyl adjacent to an activating group) is 1. The first-order chi connectivity index (χ1) is 15.3. The van der Waals surface area contributed by atoms with E-state index >= 15 is 0 Å². The largest absolute Gasteiger partial charge is 0.487 e. The molecule has 2 aromatic carbocycles. The Morgan fingerprint density at radius 2 is 1.84 bits per heavy atom. The van der Waals surface area contributed by atoms with Gasteiger partial charge >= 0.3 is 0 Å². The first-order valence-electron chi connectivity index (χ1n) is 9.62. The van der Waals surface area contributed by atoms with Gasteiger partial charge in [-0.1, -0.05) is 41.4 Å². The van der Waals surface area contributed by atoms with Crippen molar-refractivity contribution in [3.8, 4) is 5.75 Å². The fourth-order valence-corrected chi connectivity index (χ4v) is 3.78. The predicted molar refractivity (Wildman–Crippen MR) is 129 cm³/mol. The van der Waals surface area contributed by atoms with Crippen LogP contribution in [-0.4, -0.2) is 35.3 Å². The van der Waals surface area contributed by atoms with Crippen LogP contribution in [0.5, 0.6) is 5.75 Å². The van der Waals surface area contributed by atoms with E-state index in [1.807, 2.05) is 36.6 Å². The molecule has 0 fully saturated rings. The lowest BCUT2D eigenvalue weighted by molar-refractivity contribution is -0.129. The third kappa shape index (κ3) is 6.82. The highest BCUT2D eigenvalue weighted by molar-refractivity contribution is 7.09. The fourth-order valence-electron chi connectivity index (χ4n) is 2.69. The van der Waals surface area contributed by atoms with E-state index in [9.17, 15) is 9.59 Å². The van der Waals surface area contributed by atoms with Gasteiger partial charge in [0.15, 0.2) is 0 Å². The summed E-state index contributed by atoms with van der Waals surface area (Å²) in [4.78, 5) is 30.2. The molecule has 2 amide bonds. The summed E-state index contributed by atoms with van der Waals surface area (Å²) in [5.74, 6) is -0.00292. The predicted octanol–water partition coefficient (Wildman–Crippen LogP) is 5.45. The molecule has 166 valence electrons. The van der Waals surface area contributed by atoms with Gasteiger partial charge in [-0.15, -0.1) is 11.3 Å². The molecule has 0 saturated heterocycles. The van der Waals surface area contributed by atoms with Gasteiger partial charge in [0, 0.05) is 18.5 Å². The minimum Gasteiger partial charge on any atom is -0.487 e. The highest BCUT2D eigenvalue weighted by Gasteiger charge is 2.14. The summed E-state index contributed by atoms with van der Waals surface area (Å²) in [6, 6.07) is 12.3. The molecule has 0 saturated carbocycles. The Labute approximate surface area is 200 Å². The van der Waals surface area contributed by atoms with Crippen LogP contribution in [0.2, 0.25) is 10.0 Å². The molecule has 0 atom stereocenters. The molecular weight excluding hydrogens is 469 g/mol. The summed E-state index contributed by atoms with van der Waals surface area (Å²) in [7, 11) is 1.54. The number of thiazole rings is 1. The van der Waals surface area contributed by atoms with E-state index in [4.69, 9.17) is 27.9 Å². The second-order valence-electron chi connectivity index (χ2n) is 6.89. The Bertz CT molecular complexity index is 1110. The number of carbonyl (C=O) groups is 2. The lowest BCUT2D eigenvalue weighted by atomic mass is 10.2. The van der Waals surface area contributed by atoms with Crippen molar-refractivity contribution in [3.05, 3.63) is 80.2 Å². The molecule has 6 nitrogen and oxygen atoms in total. The van der Waals surface area contributed by atoms with E-state index in [2.05, 4.69) is 10.3 Å². The van der Waals surface area contributed by atoms with Crippen LogP contribution in [0.3, 0.4) is 0 Å². The number of nitrogens with zero attached hydrogens (tertiary/aromatic N) is 2. The van der Waals surface area contributed by atoms with Gasteiger partial charge in [0.1, 0.15) is 12.4 Å². The number of aryl methyl sites for hydroxylation is 1. The average molecular weight is 490 g/mol. The van der Waals surface area contributed by atoms with Gasteiger partial charge < -0.3 is 15.0 Å². The number of anilines is 1. The Hall–Kier alpha value is -2.87. The van der Waals surface area contributed by atoms with E-state index in [1.165, 1.54) is 18.0 Å². The number of hydrogen-bond acceptors (Lipinski definition) is 5. The van der Waals surface area contributed by atoms with Crippen molar-refractivity contribution in [2.75, 3.05) is 18.9 Å². The molecule has 0 bridgehead atoms. The van der Waals surface area contributed by atoms with Crippen molar-refractivity contribution in [1.82, 2.24) is 9.88 Å². The topological polar surface area (TPSA) is 71.5 Å². The molecule has 0 unspecified atom stereocenters. The number of halogens is 2. The number of benzene rings is 2. The van der Waals surface area contributed by atoms with Gasteiger partial charge in [0.2, 0.25) is 11.8 Å². The Morgan fingerprint density at radius 3 is 2.47 bits per heavy atom. The lowest BCUT2D eigenvalue weighted by Gasteiger charge is -2.16. The van der Waals surface area contributed by atoms with Crippen LogP contribution in [0.15, 0.2) is 53.9 Å². The van der Waals surface area contributed by atoms with E-state index in [0.717, 1.165) is 16.3 Å². The molecule has 0 aliphatic carbocycles. The minimum atomic E-state index is -0.402. The molecule has 32 heavy (non-hydrogen) atoms. The first-order valence-corrected chi connectivity index (χ1v) is 11.3. The van der Waals surface area contributed by atoms with E-state index in [-0.39, 0.29) is 12.5 Å². The molecular formula is C23H21Cl2N3O3S. The number of nitrogens with one attached hydrogen (secondary N) is 1. The van der Waals surface area contributed by atoms with E-state index < -0.39 is 5.91 Å². The number of para-hydroxylation sites is 1. The van der Waals surface area contributed by atoms with Gasteiger partial charge in [-0.3, -0.25) is 9.59 Å². The van der Waals surface area contributed by atoms with Crippen molar-refractivity contribution in [1.29, 1.82) is 0 Å². The summed E-state index contributed by atoms with van der Waals surface area (Å²) < 4.78 is 5.72. The first kappa shape index (κ1) is 23.8. The Balaban J connectivity index is 1.49. The number of rotatable bonds is 8. The molecule has 0 aliphatic rings.